The van der Waals surface area contributed by atoms with Crippen LogP contribution in [0.4, 0.5) is 5.95 Å². The Hall–Kier alpha value is -1.50. The van der Waals surface area contributed by atoms with E-state index in [1.165, 1.54) is 0 Å². The number of hydrogen-bond donors (Lipinski definition) is 2. The third-order valence-electron chi connectivity index (χ3n) is 2.06. The van der Waals surface area contributed by atoms with E-state index in [0.717, 1.165) is 6.07 Å². The van der Waals surface area contributed by atoms with Gasteiger partial charge in [-0.25, -0.2) is 4.98 Å². The lowest BCUT2D eigenvalue weighted by Gasteiger charge is -2.16. The molecule has 0 spiro atoms. The van der Waals surface area contributed by atoms with E-state index in [2.05, 4.69) is 31.2 Å². The zero-order valence-electron chi connectivity index (χ0n) is 10.3. The number of aromatic nitrogens is 2. The van der Waals surface area contributed by atoms with Crippen LogP contribution in [0.5, 0.6) is 0 Å². The smallest absolute Gasteiger partial charge is 0.252 e. The van der Waals surface area contributed by atoms with Crippen molar-refractivity contribution in [3.8, 4) is 0 Å². The summed E-state index contributed by atoms with van der Waals surface area (Å²) in [6.07, 6.45) is 0. The van der Waals surface area contributed by atoms with Crippen LogP contribution in [-0.4, -0.2) is 27.0 Å². The quantitative estimate of drug-likeness (QED) is 0.650. The molecule has 0 atom stereocenters. The zero-order chi connectivity index (χ0) is 13.9. The van der Waals surface area contributed by atoms with Gasteiger partial charge in [0.05, 0.1) is 5.33 Å². The normalized spacial score (nSPS) is 11.1. The number of hydrogen-bond acceptors (Lipinski definition) is 4. The van der Waals surface area contributed by atoms with E-state index >= 15 is 0 Å². The molecule has 0 unspecified atom stereocenters. The fourth-order valence-corrected chi connectivity index (χ4v) is 1.31. The maximum atomic E-state index is 11.7. The predicted molar refractivity (Wildman–Crippen MR) is 71.1 cm³/mol. The van der Waals surface area contributed by atoms with Crippen LogP contribution in [0.2, 0.25) is 0 Å². The second-order valence-electron chi connectivity index (χ2n) is 4.74. The topological polar surface area (TPSA) is 91.9 Å². The van der Waals surface area contributed by atoms with Crippen LogP contribution in [0.15, 0.2) is 10.9 Å². The van der Waals surface area contributed by atoms with Crippen molar-refractivity contribution in [2.75, 3.05) is 10.6 Å². The zero-order valence-corrected chi connectivity index (χ0v) is 11.9. The molecule has 2 N–H and O–H groups in total. The molecule has 0 saturated carbocycles. The first-order valence-electron chi connectivity index (χ1n) is 5.26. The summed E-state index contributed by atoms with van der Waals surface area (Å²) in [6.45, 7) is 5.19. The number of ketones is 1. The third-order valence-corrected chi connectivity index (χ3v) is 2.57. The van der Waals surface area contributed by atoms with Gasteiger partial charge in [-0.2, -0.15) is 0 Å². The monoisotopic (exact) mass is 315 g/mol. The van der Waals surface area contributed by atoms with Gasteiger partial charge in [-0.15, -0.1) is 0 Å². The summed E-state index contributed by atoms with van der Waals surface area (Å²) < 4.78 is 0. The molecule has 0 aliphatic heterocycles. The largest absolute Gasteiger partial charge is 0.296 e. The molecule has 1 aromatic rings. The maximum absolute atomic E-state index is 11.7. The minimum atomic E-state index is -0.617. The average molecular weight is 316 g/mol. The first-order chi connectivity index (χ1) is 8.24. The van der Waals surface area contributed by atoms with Gasteiger partial charge in [-0.1, -0.05) is 36.7 Å². The molecule has 0 radical (unpaired) electrons. The summed E-state index contributed by atoms with van der Waals surface area (Å²) in [5.41, 5.74) is -1.09. The number of nitrogens with one attached hydrogen (secondary N) is 2. The van der Waals surface area contributed by atoms with Crippen molar-refractivity contribution in [3.63, 3.8) is 0 Å². The molecular formula is C11H14BrN3O3. The van der Waals surface area contributed by atoms with Gasteiger partial charge in [0.25, 0.3) is 5.56 Å². The van der Waals surface area contributed by atoms with E-state index < -0.39 is 11.0 Å². The molecule has 0 aliphatic rings. The number of nitrogens with zero attached hydrogens (tertiary/aromatic N) is 1. The molecule has 98 valence electrons. The number of H-pyrrole nitrogens is 1. The van der Waals surface area contributed by atoms with Gasteiger partial charge in [-0.3, -0.25) is 24.7 Å². The minimum absolute atomic E-state index is 0.0137. The Morgan fingerprint density at radius 1 is 1.44 bits per heavy atom. The van der Waals surface area contributed by atoms with Gasteiger partial charge >= 0.3 is 0 Å². The molecule has 7 heteroatoms. The SMILES string of the molecule is CC(C)(C)C(=O)Nc1nc(C(=O)CBr)cc(=O)[nH]1. The highest BCUT2D eigenvalue weighted by Crippen LogP contribution is 2.15. The van der Waals surface area contributed by atoms with E-state index in [1.807, 2.05) is 0 Å². The van der Waals surface area contributed by atoms with E-state index in [-0.39, 0.29) is 28.7 Å². The van der Waals surface area contributed by atoms with Crippen LogP contribution in [0.25, 0.3) is 0 Å². The van der Waals surface area contributed by atoms with Crippen molar-refractivity contribution in [1.29, 1.82) is 0 Å². The van der Waals surface area contributed by atoms with Crippen LogP contribution in [0.3, 0.4) is 0 Å². The number of anilines is 1. The summed E-state index contributed by atoms with van der Waals surface area (Å²) in [5.74, 6) is -0.645. The number of carbonyl (C=O) groups is 2. The number of halogens is 1. The fourth-order valence-electron chi connectivity index (χ4n) is 1.02. The number of carbonyl (C=O) groups excluding carboxylic acids is 2. The van der Waals surface area contributed by atoms with Crippen molar-refractivity contribution in [1.82, 2.24) is 9.97 Å². The Bertz CT molecular complexity index is 531. The lowest BCUT2D eigenvalue weighted by Crippen LogP contribution is -2.30. The number of Topliss-reactive ketones (excluding diaryl/α,β-unsaturated/α-hetero) is 1. The minimum Gasteiger partial charge on any atom is -0.296 e. The molecule has 0 fully saturated rings. The molecule has 18 heavy (non-hydrogen) atoms. The number of amides is 1. The first-order valence-corrected chi connectivity index (χ1v) is 6.38. The molecule has 0 aromatic carbocycles. The van der Waals surface area contributed by atoms with Gasteiger partial charge in [0.2, 0.25) is 11.9 Å². The molecule has 0 bridgehead atoms. The van der Waals surface area contributed by atoms with Crippen LogP contribution in [0.1, 0.15) is 31.3 Å². The van der Waals surface area contributed by atoms with Crippen LogP contribution in [-0.2, 0) is 4.79 Å². The molecule has 0 aliphatic carbocycles. The lowest BCUT2D eigenvalue weighted by molar-refractivity contribution is -0.123. The number of rotatable bonds is 3. The molecule has 1 heterocycles. The standard InChI is InChI=1S/C11H14BrN3O3/c1-11(2,3)9(18)15-10-13-6(7(16)5-12)4-8(17)14-10/h4H,5H2,1-3H3,(H2,13,14,15,17,18). The van der Waals surface area contributed by atoms with E-state index in [9.17, 15) is 14.4 Å². The van der Waals surface area contributed by atoms with Crippen molar-refractivity contribution < 1.29 is 9.59 Å². The van der Waals surface area contributed by atoms with Crippen molar-refractivity contribution in [3.05, 3.63) is 22.1 Å². The highest BCUT2D eigenvalue weighted by atomic mass is 79.9. The average Bonchev–Trinajstić information content (AvgIpc) is 2.25. The van der Waals surface area contributed by atoms with Crippen LogP contribution in [0, 0.1) is 5.41 Å². The Balaban J connectivity index is 3.05. The molecule has 1 aromatic heterocycles. The molecule has 6 nitrogen and oxygen atoms in total. The van der Waals surface area contributed by atoms with E-state index in [0.29, 0.717) is 0 Å². The van der Waals surface area contributed by atoms with Gasteiger partial charge in [0.1, 0.15) is 5.69 Å². The predicted octanol–water partition coefficient (Wildman–Crippen LogP) is 1.33. The number of alkyl halides is 1. The first kappa shape index (κ1) is 14.6. The van der Waals surface area contributed by atoms with Gasteiger partial charge in [-0.05, 0) is 0 Å². The van der Waals surface area contributed by atoms with Crippen LogP contribution >= 0.6 is 15.9 Å². The molecule has 1 amide bonds. The second kappa shape index (κ2) is 5.43. The van der Waals surface area contributed by atoms with Crippen molar-refractivity contribution in [2.45, 2.75) is 20.8 Å². The second-order valence-corrected chi connectivity index (χ2v) is 5.30. The summed E-state index contributed by atoms with van der Waals surface area (Å²) in [4.78, 5) is 40.8. The lowest BCUT2D eigenvalue weighted by atomic mass is 9.96. The Morgan fingerprint density at radius 3 is 2.56 bits per heavy atom. The third kappa shape index (κ3) is 3.76. The van der Waals surface area contributed by atoms with Crippen LogP contribution < -0.4 is 10.9 Å². The van der Waals surface area contributed by atoms with Crippen molar-refractivity contribution >= 4 is 33.6 Å². The Morgan fingerprint density at radius 2 is 2.06 bits per heavy atom. The van der Waals surface area contributed by atoms with Gasteiger partial charge in [0.15, 0.2) is 5.78 Å². The molecular weight excluding hydrogens is 302 g/mol. The Labute approximate surface area is 112 Å². The van der Waals surface area contributed by atoms with Crippen molar-refractivity contribution in [2.24, 2.45) is 5.41 Å². The summed E-state index contributed by atoms with van der Waals surface area (Å²) in [6, 6.07) is 1.09. The summed E-state index contributed by atoms with van der Waals surface area (Å²) in [7, 11) is 0. The fraction of sp³-hybridized carbons (Fsp3) is 0.455. The molecule has 0 saturated heterocycles. The highest BCUT2D eigenvalue weighted by Gasteiger charge is 2.22. The summed E-state index contributed by atoms with van der Waals surface area (Å²) >= 11 is 2.99. The van der Waals surface area contributed by atoms with Gasteiger partial charge < -0.3 is 0 Å². The number of aromatic amines is 1. The highest BCUT2D eigenvalue weighted by molar-refractivity contribution is 9.09. The van der Waals surface area contributed by atoms with E-state index in [4.69, 9.17) is 0 Å². The molecule has 1 rings (SSSR count). The van der Waals surface area contributed by atoms with Gasteiger partial charge in [0, 0.05) is 11.5 Å². The maximum Gasteiger partial charge on any atom is 0.252 e. The van der Waals surface area contributed by atoms with E-state index in [1.54, 1.807) is 20.8 Å². The Kier molecular flexibility index (Phi) is 4.39. The summed E-state index contributed by atoms with van der Waals surface area (Å²) in [5, 5.41) is 2.53.